The first kappa shape index (κ1) is 29.7. The smallest absolute Gasteiger partial charge is 0.164 e. The summed E-state index contributed by atoms with van der Waals surface area (Å²) in [6.07, 6.45) is 1.33. The first-order valence-corrected chi connectivity index (χ1v) is 13.4. The molecule has 0 aliphatic heterocycles. The quantitative estimate of drug-likeness (QED) is 0.107. The third kappa shape index (κ3) is 5.13. The van der Waals surface area contributed by atoms with Gasteiger partial charge >= 0.3 is 0 Å². The number of furan rings is 1. The third-order valence-corrected chi connectivity index (χ3v) is 7.54. The topological polar surface area (TPSA) is 63.3 Å². The zero-order valence-electron chi connectivity index (χ0n) is 24.4. The summed E-state index contributed by atoms with van der Waals surface area (Å²) >= 11 is 0. The molecule has 209 valence electrons. The number of para-hydroxylation sites is 1. The molecule has 0 saturated heterocycles. The number of benzene rings is 3. The zero-order valence-corrected chi connectivity index (χ0v) is 26.8. The van der Waals surface area contributed by atoms with Gasteiger partial charge in [0.15, 0.2) is 5.78 Å². The monoisotopic (exact) mass is 711 g/mol. The number of nitrogens with zero attached hydrogens (tertiary/aromatic N) is 1. The van der Waals surface area contributed by atoms with Crippen molar-refractivity contribution >= 4 is 38.6 Å². The number of aromatic nitrogens is 1. The van der Waals surface area contributed by atoms with E-state index in [0.717, 1.165) is 33.3 Å². The van der Waals surface area contributed by atoms with Gasteiger partial charge in [-0.05, 0) is 34.2 Å². The van der Waals surface area contributed by atoms with Crippen LogP contribution in [0.4, 0.5) is 0 Å². The fraction of sp³-hybridized carbons (Fsp3) is 0.314. The average molecular weight is 711 g/mol. The van der Waals surface area contributed by atoms with E-state index in [2.05, 4.69) is 62.4 Å². The van der Waals surface area contributed by atoms with Crippen molar-refractivity contribution in [3.8, 4) is 11.3 Å². The molecule has 40 heavy (non-hydrogen) atoms. The van der Waals surface area contributed by atoms with Crippen LogP contribution < -0.4 is 0 Å². The molecule has 5 aromatic rings. The number of allylic oxidation sites excluding steroid dienone is 2. The molecule has 3 aromatic carbocycles. The van der Waals surface area contributed by atoms with Crippen molar-refractivity contribution in [2.24, 2.45) is 10.8 Å². The van der Waals surface area contributed by atoms with Crippen molar-refractivity contribution in [2.75, 3.05) is 0 Å². The number of carbonyl (C=O) groups excluding carboxylic acids is 1. The second-order valence-electron chi connectivity index (χ2n) is 13.0. The molecule has 2 heterocycles. The molecule has 0 spiro atoms. The molecule has 0 fully saturated rings. The Balaban J connectivity index is 0.000000229. The Morgan fingerprint density at radius 2 is 1.57 bits per heavy atom. The maximum Gasteiger partial charge on any atom is 0.164 e. The van der Waals surface area contributed by atoms with E-state index in [1.807, 2.05) is 59.7 Å². The molecule has 0 amide bonds. The van der Waals surface area contributed by atoms with Gasteiger partial charge in [-0.1, -0.05) is 109 Å². The van der Waals surface area contributed by atoms with E-state index in [0.29, 0.717) is 0 Å². The minimum Gasteiger partial charge on any atom is -0.512 e. The molecule has 6 rings (SSSR count). The van der Waals surface area contributed by atoms with Crippen molar-refractivity contribution in [3.63, 3.8) is 0 Å². The molecule has 5 heteroatoms. The van der Waals surface area contributed by atoms with E-state index in [4.69, 9.17) is 9.40 Å². The molecule has 1 radical (unpaired) electrons. The molecule has 1 aliphatic rings. The molecular weight excluding hydrogens is 675 g/mol. The molecule has 0 bridgehead atoms. The van der Waals surface area contributed by atoms with Crippen LogP contribution in [0.15, 0.2) is 76.9 Å². The van der Waals surface area contributed by atoms with Crippen molar-refractivity contribution in [2.45, 2.75) is 60.8 Å². The van der Waals surface area contributed by atoms with E-state index in [9.17, 15) is 9.90 Å². The van der Waals surface area contributed by atoms with Gasteiger partial charge in [0.2, 0.25) is 0 Å². The second-order valence-corrected chi connectivity index (χ2v) is 13.0. The number of rotatable bonds is 1. The van der Waals surface area contributed by atoms with Crippen molar-refractivity contribution in [1.82, 2.24) is 4.98 Å². The van der Waals surface area contributed by atoms with Crippen LogP contribution in [0.25, 0.3) is 44.1 Å². The van der Waals surface area contributed by atoms with Crippen LogP contribution in [0.5, 0.6) is 0 Å². The number of fused-ring (bicyclic) bond motifs is 3. The zero-order chi connectivity index (χ0) is 28.3. The predicted octanol–water partition coefficient (Wildman–Crippen LogP) is 9.33. The van der Waals surface area contributed by atoms with E-state index in [-0.39, 0.29) is 42.5 Å². The van der Waals surface area contributed by atoms with Crippen LogP contribution in [-0.4, -0.2) is 15.9 Å². The van der Waals surface area contributed by atoms with Crippen LogP contribution >= 0.6 is 0 Å². The Labute approximate surface area is 249 Å². The number of ketones is 1. The number of hydrogen-bond donors (Lipinski definition) is 1. The number of aliphatic hydroxyl groups is 1. The van der Waals surface area contributed by atoms with Gasteiger partial charge in [-0.2, -0.15) is 0 Å². The van der Waals surface area contributed by atoms with Gasteiger partial charge in [-0.15, -0.1) is 17.7 Å². The number of aliphatic hydroxyl groups excluding tert-OH is 1. The molecular formula is C35H36IrNO3-. The fourth-order valence-corrected chi connectivity index (χ4v) is 5.00. The van der Waals surface area contributed by atoms with Gasteiger partial charge in [0.25, 0.3) is 0 Å². The summed E-state index contributed by atoms with van der Waals surface area (Å²) < 4.78 is 6.16. The molecule has 1 aliphatic carbocycles. The largest absolute Gasteiger partial charge is 0.512 e. The van der Waals surface area contributed by atoms with Gasteiger partial charge in [0, 0.05) is 42.4 Å². The van der Waals surface area contributed by atoms with E-state index in [1.165, 1.54) is 28.0 Å². The maximum atomic E-state index is 11.5. The first-order valence-electron chi connectivity index (χ1n) is 13.4. The van der Waals surface area contributed by atoms with Gasteiger partial charge in [-0.3, -0.25) is 9.78 Å². The van der Waals surface area contributed by atoms with Crippen molar-refractivity contribution in [1.29, 1.82) is 0 Å². The minimum absolute atomic E-state index is 0. The van der Waals surface area contributed by atoms with Crippen LogP contribution in [0, 0.1) is 16.9 Å². The summed E-state index contributed by atoms with van der Waals surface area (Å²) in [6, 6.07) is 24.4. The average Bonchev–Trinajstić information content (AvgIpc) is 3.22. The van der Waals surface area contributed by atoms with Gasteiger partial charge in [0.1, 0.15) is 11.3 Å². The number of pyridine rings is 1. The van der Waals surface area contributed by atoms with Gasteiger partial charge in [0.05, 0.1) is 11.1 Å². The SMILES string of the molecule is CC(C)(C)C(=O)/C=C(\O)C(C)(C)C.CC1(C)c2cc3ccccc3nc2-c2[c-]ccc3oc4cccc1c4c23.[Ir]. The Morgan fingerprint density at radius 1 is 0.900 bits per heavy atom. The van der Waals surface area contributed by atoms with E-state index in [1.54, 1.807) is 0 Å². The van der Waals surface area contributed by atoms with Crippen LogP contribution in [0.2, 0.25) is 0 Å². The predicted molar refractivity (Wildman–Crippen MR) is 160 cm³/mol. The number of hydrogen-bond acceptors (Lipinski definition) is 4. The standard InChI is InChI=1S/C24H16NO.C11H20O2.Ir/c1-24(2)16-9-6-12-20-22(16)21-15(8-5-11-19(21)26-20)23-17(24)13-14-7-3-4-10-18(14)25-23;1-10(2,3)8(12)7-9(13)11(4,5)6;/h3-7,9-13H,1-2H3;7,12H,1-6H3;/q-1;;/b;8-7-;. The molecule has 0 unspecified atom stereocenters. The summed E-state index contributed by atoms with van der Waals surface area (Å²) in [7, 11) is 0. The summed E-state index contributed by atoms with van der Waals surface area (Å²) in [5.74, 6) is 0.104. The number of carbonyl (C=O) groups is 1. The third-order valence-electron chi connectivity index (χ3n) is 7.54. The minimum atomic E-state index is -0.417. The van der Waals surface area contributed by atoms with E-state index >= 15 is 0 Å². The fourth-order valence-electron chi connectivity index (χ4n) is 5.00. The molecule has 1 N–H and O–H groups in total. The van der Waals surface area contributed by atoms with Crippen molar-refractivity contribution < 1.29 is 34.4 Å². The normalized spacial score (nSPS) is 14.3. The first-order chi connectivity index (χ1) is 18.2. The molecule has 0 atom stereocenters. The Bertz CT molecular complexity index is 1780. The molecule has 0 saturated carbocycles. The van der Waals surface area contributed by atoms with E-state index < -0.39 is 5.41 Å². The van der Waals surface area contributed by atoms with Crippen LogP contribution in [0.1, 0.15) is 66.5 Å². The van der Waals surface area contributed by atoms with Gasteiger partial charge < -0.3 is 9.52 Å². The Morgan fingerprint density at radius 3 is 2.25 bits per heavy atom. The van der Waals surface area contributed by atoms with Crippen molar-refractivity contribution in [3.05, 3.63) is 89.7 Å². The summed E-state index contributed by atoms with van der Waals surface area (Å²) in [5, 5.41) is 13.1. The molecule has 4 nitrogen and oxygen atoms in total. The summed E-state index contributed by atoms with van der Waals surface area (Å²) in [5.41, 5.74) is 6.48. The molecule has 2 aromatic heterocycles. The summed E-state index contributed by atoms with van der Waals surface area (Å²) in [6.45, 7) is 15.7. The summed E-state index contributed by atoms with van der Waals surface area (Å²) in [4.78, 5) is 16.6. The van der Waals surface area contributed by atoms with Crippen LogP contribution in [0.3, 0.4) is 0 Å². The Hall–Kier alpha value is -3.27. The Kier molecular flexibility index (Phi) is 7.64. The second kappa shape index (κ2) is 10.3. The van der Waals surface area contributed by atoms with Gasteiger partial charge in [-0.25, -0.2) is 0 Å². The van der Waals surface area contributed by atoms with Crippen LogP contribution in [-0.2, 0) is 30.3 Å². The maximum absolute atomic E-state index is 11.5.